The molecule has 32 heavy (non-hydrogen) atoms. The molecule has 0 N–H and O–H groups in total. The van der Waals surface area contributed by atoms with Crippen molar-refractivity contribution in [3.05, 3.63) is 72.2 Å². The van der Waals surface area contributed by atoms with Gasteiger partial charge in [-0.2, -0.15) is 26.3 Å². The summed E-state index contributed by atoms with van der Waals surface area (Å²) in [5, 5.41) is 4.72. The first kappa shape index (κ1) is 33.5. The maximum absolute atomic E-state index is 11.7. The number of alkyl halides is 6. The fourth-order valence-electron chi connectivity index (χ4n) is 1.65. The molecule has 1 aromatic carbocycles. The third-order valence-corrected chi connectivity index (χ3v) is 2.77. The van der Waals surface area contributed by atoms with Crippen molar-refractivity contribution in [2.24, 2.45) is 0 Å². The molecule has 0 saturated heterocycles. The Morgan fingerprint density at radius 2 is 1.38 bits per heavy atom. The van der Waals surface area contributed by atoms with Crippen molar-refractivity contribution < 1.29 is 61.1 Å². The van der Waals surface area contributed by atoms with Crippen LogP contribution in [-0.2, 0) is 47.2 Å². The second-order valence-corrected chi connectivity index (χ2v) is 4.60. The first-order valence-corrected chi connectivity index (χ1v) is 7.41. The zero-order valence-electron chi connectivity index (χ0n) is 15.6. The Bertz CT molecular complexity index is 776. The van der Waals surface area contributed by atoms with Gasteiger partial charge in [0.05, 0.1) is 0 Å². The molecule has 0 aliphatic rings. The van der Waals surface area contributed by atoms with Gasteiger partial charge in [0, 0.05) is 26.6 Å². The molecule has 1 radical (unpaired) electrons. The molecule has 3 aromatic rings. The summed E-state index contributed by atoms with van der Waals surface area (Å²) in [5.74, 6) is 0. The van der Waals surface area contributed by atoms with E-state index in [9.17, 15) is 26.3 Å². The van der Waals surface area contributed by atoms with Crippen LogP contribution in [0.15, 0.2) is 54.7 Å². The molecular formula is C19H12F6N3O3Re-5. The zero-order valence-corrected chi connectivity index (χ0v) is 18.4. The standard InChI is InChI=1S/C11H8N.C5HF6N2.3CHO.Re/c1-2-6-10(7-3-1)11-8-4-5-9-12-11;6-4(7,8)2-1-3(13-12-2)5(9,10)11;3*1-2;/h1-6,8-9H;1H;3*1H;/q5*-1;. The summed E-state index contributed by atoms with van der Waals surface area (Å²) < 4.78 is 70.3. The monoisotopic (exact) mass is 631 g/mol. The molecular weight excluding hydrogens is 618 g/mol. The third kappa shape index (κ3) is 12.5. The number of carbonyl (C=O) groups excluding carboxylic acids is 3. The number of aromatic nitrogens is 3. The van der Waals surface area contributed by atoms with E-state index in [0.717, 1.165) is 11.3 Å². The molecule has 3 rings (SSSR count). The van der Waals surface area contributed by atoms with Gasteiger partial charge in [0.1, 0.15) is 5.69 Å². The van der Waals surface area contributed by atoms with E-state index in [4.69, 9.17) is 14.4 Å². The summed E-state index contributed by atoms with van der Waals surface area (Å²) in [6.07, 6.45) is -8.00. The van der Waals surface area contributed by atoms with Crippen molar-refractivity contribution in [3.8, 4) is 11.3 Å². The van der Waals surface area contributed by atoms with Crippen molar-refractivity contribution in [2.75, 3.05) is 0 Å². The molecule has 2 aromatic heterocycles. The van der Waals surface area contributed by atoms with Crippen molar-refractivity contribution in [3.63, 3.8) is 0 Å². The van der Waals surface area contributed by atoms with Gasteiger partial charge in [0.25, 0.3) is 0 Å². The minimum absolute atomic E-state index is 0. The molecule has 175 valence electrons. The van der Waals surface area contributed by atoms with Crippen molar-refractivity contribution >= 4 is 20.4 Å². The van der Waals surface area contributed by atoms with Crippen LogP contribution in [0.2, 0.25) is 0 Å². The van der Waals surface area contributed by atoms with Gasteiger partial charge < -0.3 is 29.6 Å². The molecule has 0 fully saturated rings. The smallest absolute Gasteiger partial charge is 0.431 e. The van der Waals surface area contributed by atoms with E-state index < -0.39 is 23.7 Å². The van der Waals surface area contributed by atoms with Crippen LogP contribution >= 0.6 is 0 Å². The fraction of sp³-hybridized carbons (Fsp3) is 0.105. The number of pyridine rings is 1. The zero-order chi connectivity index (χ0) is 24.5. The molecule has 0 saturated carbocycles. The summed E-state index contributed by atoms with van der Waals surface area (Å²) >= 11 is 0. The van der Waals surface area contributed by atoms with Crippen LogP contribution in [0.4, 0.5) is 26.3 Å². The topological polar surface area (TPSA) is 91.1 Å². The Morgan fingerprint density at radius 1 is 0.812 bits per heavy atom. The van der Waals surface area contributed by atoms with Gasteiger partial charge in [-0.1, -0.05) is 12.1 Å². The van der Waals surface area contributed by atoms with E-state index in [-0.39, 0.29) is 26.5 Å². The molecule has 0 unspecified atom stereocenters. The van der Waals surface area contributed by atoms with Crippen LogP contribution in [0.3, 0.4) is 0 Å². The van der Waals surface area contributed by atoms with Gasteiger partial charge >= 0.3 is 12.4 Å². The number of rotatable bonds is 1. The minimum atomic E-state index is -4.89. The Morgan fingerprint density at radius 3 is 1.72 bits per heavy atom. The van der Waals surface area contributed by atoms with Crippen LogP contribution in [0.5, 0.6) is 0 Å². The number of nitrogens with zero attached hydrogens (tertiary/aromatic N) is 3. The van der Waals surface area contributed by atoms with E-state index >= 15 is 0 Å². The van der Waals surface area contributed by atoms with Crippen LogP contribution in [-0.4, -0.2) is 30.4 Å². The molecule has 13 heteroatoms. The van der Waals surface area contributed by atoms with Crippen molar-refractivity contribution in [1.29, 1.82) is 0 Å². The first-order chi connectivity index (χ1) is 14.7. The Labute approximate surface area is 192 Å². The largest absolute Gasteiger partial charge is 0.571 e. The molecule has 0 atom stereocenters. The molecule has 0 spiro atoms. The Balaban J connectivity index is -0.000000416. The molecule has 2 heterocycles. The first-order valence-electron chi connectivity index (χ1n) is 7.41. The Hall–Kier alpha value is -3.17. The summed E-state index contributed by atoms with van der Waals surface area (Å²) in [6.45, 7) is 9.75. The second kappa shape index (κ2) is 17.5. The van der Waals surface area contributed by atoms with Crippen LogP contribution < -0.4 is 5.10 Å². The predicted octanol–water partition coefficient (Wildman–Crippen LogP) is 3.80. The van der Waals surface area contributed by atoms with Gasteiger partial charge in [0.15, 0.2) is 0 Å². The molecule has 0 amide bonds. The van der Waals surface area contributed by atoms with E-state index in [1.807, 2.05) is 42.5 Å². The van der Waals surface area contributed by atoms with E-state index in [1.54, 1.807) is 6.20 Å². The molecule has 0 aliphatic carbocycles. The van der Waals surface area contributed by atoms with Gasteiger partial charge in [-0.05, 0) is 23.5 Å². The van der Waals surface area contributed by atoms with Gasteiger partial charge in [-0.15, -0.1) is 35.9 Å². The molecule has 6 nitrogen and oxygen atoms in total. The van der Waals surface area contributed by atoms with Crippen LogP contribution in [0, 0.1) is 6.07 Å². The van der Waals surface area contributed by atoms with Crippen molar-refractivity contribution in [2.45, 2.75) is 12.4 Å². The second-order valence-electron chi connectivity index (χ2n) is 4.60. The molecule has 0 aliphatic heterocycles. The number of benzene rings is 1. The number of halogens is 6. The maximum atomic E-state index is 11.7. The van der Waals surface area contributed by atoms with E-state index in [2.05, 4.69) is 41.6 Å². The van der Waals surface area contributed by atoms with Crippen LogP contribution in [0.25, 0.3) is 11.3 Å². The van der Waals surface area contributed by atoms with Gasteiger partial charge in [-0.25, -0.2) is 0 Å². The van der Waals surface area contributed by atoms with Gasteiger partial charge in [0.2, 0.25) is 0 Å². The summed E-state index contributed by atoms with van der Waals surface area (Å²) in [7, 11) is 0. The summed E-state index contributed by atoms with van der Waals surface area (Å²) in [6, 6.07) is 16.7. The number of hydrogen-bond acceptors (Lipinski definition) is 5. The third-order valence-electron chi connectivity index (χ3n) is 2.77. The average molecular weight is 631 g/mol. The van der Waals surface area contributed by atoms with Crippen molar-refractivity contribution in [1.82, 2.24) is 15.2 Å². The van der Waals surface area contributed by atoms with E-state index in [1.165, 1.54) is 0 Å². The Kier molecular flexibility index (Phi) is 18.3. The number of hydrogen-bond donors (Lipinski definition) is 0. The summed E-state index contributed by atoms with van der Waals surface area (Å²) in [5.41, 5.74) is -1.27. The minimum Gasteiger partial charge on any atom is -0.571 e. The predicted molar refractivity (Wildman–Crippen MR) is 96.3 cm³/mol. The fourth-order valence-corrected chi connectivity index (χ4v) is 1.65. The molecule has 0 bridgehead atoms. The SMILES string of the molecule is FC(F)(F)c1cc(C(F)(F)F)[n-]n1.[CH-]=O.[CH-]=O.[CH-]=O.[Re].[c-]1ccccc1-c1ccccn1. The van der Waals surface area contributed by atoms with E-state index in [0.29, 0.717) is 0 Å². The maximum Gasteiger partial charge on any atom is 0.431 e. The quantitative estimate of drug-likeness (QED) is 0.231. The summed E-state index contributed by atoms with van der Waals surface area (Å²) in [4.78, 5) is 27.5. The van der Waals surface area contributed by atoms with Crippen LogP contribution in [0.1, 0.15) is 11.4 Å². The normalized spacial score (nSPS) is 9.44. The average Bonchev–Trinajstić information content (AvgIpc) is 3.32. The van der Waals surface area contributed by atoms with Gasteiger partial charge in [-0.3, -0.25) is 20.4 Å².